The second-order valence-electron chi connectivity index (χ2n) is 6.25. The molecule has 3 heterocycles. The molecule has 0 saturated carbocycles. The molecular formula is C17H18N2O3S2. The van der Waals surface area contributed by atoms with Gasteiger partial charge in [-0.1, -0.05) is 6.07 Å². The highest BCUT2D eigenvalue weighted by molar-refractivity contribution is 7.89. The zero-order valence-electron chi connectivity index (χ0n) is 13.2. The molecule has 1 saturated heterocycles. The molecule has 1 N–H and O–H groups in total. The quantitative estimate of drug-likeness (QED) is 0.911. The van der Waals surface area contributed by atoms with Gasteiger partial charge in [-0.2, -0.15) is 4.31 Å². The summed E-state index contributed by atoms with van der Waals surface area (Å²) in [5.41, 5.74) is 1.47. The fraction of sp³-hybridized carbons (Fsp3) is 0.353. The van der Waals surface area contributed by atoms with Gasteiger partial charge in [0.15, 0.2) is 0 Å². The highest BCUT2D eigenvalue weighted by Crippen LogP contribution is 2.40. The number of amides is 1. The number of fused-ring (bicyclic) bond motifs is 1. The topological polar surface area (TPSA) is 66.5 Å². The Morgan fingerprint density at radius 1 is 1.29 bits per heavy atom. The minimum Gasteiger partial charge on any atom is -0.325 e. The molecule has 7 heteroatoms. The summed E-state index contributed by atoms with van der Waals surface area (Å²) < 4.78 is 27.9. The van der Waals surface area contributed by atoms with E-state index in [1.165, 1.54) is 0 Å². The molecule has 2 aliphatic rings. The fourth-order valence-electron chi connectivity index (χ4n) is 3.48. The molecule has 2 atom stereocenters. The van der Waals surface area contributed by atoms with Crippen molar-refractivity contribution in [3.8, 4) is 0 Å². The van der Waals surface area contributed by atoms with Crippen LogP contribution < -0.4 is 5.32 Å². The van der Waals surface area contributed by atoms with Crippen LogP contribution in [0.15, 0.2) is 40.6 Å². The Kier molecular flexibility index (Phi) is 3.74. The van der Waals surface area contributed by atoms with E-state index in [0.29, 0.717) is 12.2 Å². The van der Waals surface area contributed by atoms with Crippen molar-refractivity contribution in [2.45, 2.75) is 36.6 Å². The molecule has 0 bridgehead atoms. The van der Waals surface area contributed by atoms with Crippen LogP contribution in [0.25, 0.3) is 0 Å². The predicted octanol–water partition coefficient (Wildman–Crippen LogP) is 3.33. The van der Waals surface area contributed by atoms with Crippen LogP contribution in [0.4, 0.5) is 5.69 Å². The van der Waals surface area contributed by atoms with Crippen molar-refractivity contribution < 1.29 is 13.2 Å². The summed E-state index contributed by atoms with van der Waals surface area (Å²) in [6.45, 7) is 2.33. The van der Waals surface area contributed by atoms with E-state index < -0.39 is 10.0 Å². The first-order valence-corrected chi connectivity index (χ1v) is 10.3. The lowest BCUT2D eigenvalue weighted by molar-refractivity contribution is -0.116. The van der Waals surface area contributed by atoms with E-state index in [9.17, 15) is 13.2 Å². The number of carbonyl (C=O) groups is 1. The third-order valence-electron chi connectivity index (χ3n) is 4.82. The van der Waals surface area contributed by atoms with E-state index in [1.54, 1.807) is 40.8 Å². The number of sulfonamides is 1. The van der Waals surface area contributed by atoms with Crippen LogP contribution in [0, 0.1) is 0 Å². The number of benzene rings is 1. The van der Waals surface area contributed by atoms with Crippen LogP contribution in [0.3, 0.4) is 0 Å². The van der Waals surface area contributed by atoms with E-state index in [2.05, 4.69) is 5.32 Å². The minimum atomic E-state index is -3.58. The Hall–Kier alpha value is -1.70. The first-order chi connectivity index (χ1) is 11.5. The molecule has 2 aliphatic heterocycles. The predicted molar refractivity (Wildman–Crippen MR) is 93.7 cm³/mol. The Labute approximate surface area is 145 Å². The molecule has 0 radical (unpaired) electrons. The lowest BCUT2D eigenvalue weighted by atomic mass is 10.0. The average molecular weight is 362 g/mol. The van der Waals surface area contributed by atoms with Gasteiger partial charge >= 0.3 is 0 Å². The molecule has 0 aliphatic carbocycles. The zero-order valence-corrected chi connectivity index (χ0v) is 14.9. The third kappa shape index (κ3) is 2.39. The molecule has 2 aromatic rings. The monoisotopic (exact) mass is 362 g/mol. The number of hydrogen-bond donors (Lipinski definition) is 1. The molecule has 126 valence electrons. The van der Waals surface area contributed by atoms with Crippen molar-refractivity contribution >= 4 is 33.0 Å². The Morgan fingerprint density at radius 3 is 2.88 bits per heavy atom. The molecule has 4 rings (SSSR count). The number of rotatable bonds is 3. The molecule has 5 nitrogen and oxygen atoms in total. The molecule has 1 aromatic heterocycles. The minimum absolute atomic E-state index is 0.0829. The van der Waals surface area contributed by atoms with Gasteiger partial charge in [-0.15, -0.1) is 11.3 Å². The Morgan fingerprint density at radius 2 is 2.12 bits per heavy atom. The van der Waals surface area contributed by atoms with Crippen LogP contribution >= 0.6 is 11.3 Å². The van der Waals surface area contributed by atoms with Crippen LogP contribution in [0.5, 0.6) is 0 Å². The molecule has 0 unspecified atom stereocenters. The first kappa shape index (κ1) is 15.8. The summed E-state index contributed by atoms with van der Waals surface area (Å²) in [6, 6.07) is 8.81. The van der Waals surface area contributed by atoms with Gasteiger partial charge in [0.2, 0.25) is 15.9 Å². The molecule has 24 heavy (non-hydrogen) atoms. The standard InChI is InChI=1S/C17H18N2O3S2/c1-11-13-10-12(6-7-14(13)18-17(11)20)24(21,22)19-8-2-4-15(19)16-5-3-9-23-16/h3,5-7,9-11,15H,2,4,8H2,1H3,(H,18,20)/t11-,15+/m0/s1. The Balaban J connectivity index is 1.72. The van der Waals surface area contributed by atoms with Gasteiger partial charge in [0.05, 0.1) is 16.9 Å². The maximum atomic E-state index is 13.2. The number of nitrogens with zero attached hydrogens (tertiary/aromatic N) is 1. The van der Waals surface area contributed by atoms with Gasteiger partial charge in [0.25, 0.3) is 0 Å². The van der Waals surface area contributed by atoms with Crippen LogP contribution in [0.1, 0.15) is 42.2 Å². The third-order valence-corrected chi connectivity index (χ3v) is 7.70. The van der Waals surface area contributed by atoms with Crippen molar-refractivity contribution in [1.82, 2.24) is 4.31 Å². The lowest BCUT2D eigenvalue weighted by Gasteiger charge is -2.23. The van der Waals surface area contributed by atoms with Crippen LogP contribution in [-0.2, 0) is 14.8 Å². The van der Waals surface area contributed by atoms with Gasteiger partial charge in [-0.05, 0) is 55.0 Å². The van der Waals surface area contributed by atoms with Gasteiger partial charge in [0, 0.05) is 17.1 Å². The van der Waals surface area contributed by atoms with Gasteiger partial charge in [-0.25, -0.2) is 8.42 Å². The van der Waals surface area contributed by atoms with E-state index >= 15 is 0 Å². The van der Waals surface area contributed by atoms with E-state index in [1.807, 2.05) is 17.5 Å². The van der Waals surface area contributed by atoms with Gasteiger partial charge in [-0.3, -0.25) is 4.79 Å². The van der Waals surface area contributed by atoms with Gasteiger partial charge < -0.3 is 5.32 Å². The number of nitrogens with one attached hydrogen (secondary N) is 1. The van der Waals surface area contributed by atoms with Crippen molar-refractivity contribution in [2.75, 3.05) is 11.9 Å². The van der Waals surface area contributed by atoms with Gasteiger partial charge in [0.1, 0.15) is 0 Å². The number of anilines is 1. The van der Waals surface area contributed by atoms with E-state index in [-0.39, 0.29) is 22.8 Å². The van der Waals surface area contributed by atoms with Crippen molar-refractivity contribution in [3.63, 3.8) is 0 Å². The second kappa shape index (κ2) is 5.68. The fourth-order valence-corrected chi connectivity index (χ4v) is 6.13. The number of hydrogen-bond acceptors (Lipinski definition) is 4. The van der Waals surface area contributed by atoms with Crippen molar-refractivity contribution in [3.05, 3.63) is 46.2 Å². The number of carbonyl (C=O) groups excluding carboxylic acids is 1. The Bertz CT molecular complexity index is 891. The molecule has 0 spiro atoms. The zero-order chi connectivity index (χ0) is 16.9. The summed E-state index contributed by atoms with van der Waals surface area (Å²) in [5.74, 6) is -0.404. The average Bonchev–Trinajstić information content (AvgIpc) is 3.28. The SMILES string of the molecule is C[C@@H]1C(=O)Nc2ccc(S(=O)(=O)N3CCC[C@@H]3c3cccs3)cc21. The highest BCUT2D eigenvalue weighted by atomic mass is 32.2. The summed E-state index contributed by atoms with van der Waals surface area (Å²) in [6.07, 6.45) is 1.71. The smallest absolute Gasteiger partial charge is 0.243 e. The lowest BCUT2D eigenvalue weighted by Crippen LogP contribution is -2.30. The van der Waals surface area contributed by atoms with E-state index in [0.717, 1.165) is 23.3 Å². The molecular weight excluding hydrogens is 344 g/mol. The highest BCUT2D eigenvalue weighted by Gasteiger charge is 2.37. The summed E-state index contributed by atoms with van der Waals surface area (Å²) >= 11 is 1.60. The number of thiophene rings is 1. The molecule has 1 amide bonds. The largest absolute Gasteiger partial charge is 0.325 e. The molecule has 1 fully saturated rings. The maximum Gasteiger partial charge on any atom is 0.243 e. The maximum absolute atomic E-state index is 13.2. The summed E-state index contributed by atoms with van der Waals surface area (Å²) in [5, 5.41) is 4.76. The second-order valence-corrected chi connectivity index (χ2v) is 9.12. The molecule has 1 aromatic carbocycles. The van der Waals surface area contributed by atoms with Crippen molar-refractivity contribution in [1.29, 1.82) is 0 Å². The van der Waals surface area contributed by atoms with Crippen LogP contribution in [-0.4, -0.2) is 25.2 Å². The summed E-state index contributed by atoms with van der Waals surface area (Å²) in [4.78, 5) is 13.1. The summed E-state index contributed by atoms with van der Waals surface area (Å²) in [7, 11) is -3.58. The van der Waals surface area contributed by atoms with E-state index in [4.69, 9.17) is 0 Å². The normalized spacial score (nSPS) is 24.1. The van der Waals surface area contributed by atoms with Crippen molar-refractivity contribution in [2.24, 2.45) is 0 Å². The first-order valence-electron chi connectivity index (χ1n) is 7.98. The van der Waals surface area contributed by atoms with Crippen LogP contribution in [0.2, 0.25) is 0 Å².